The molecule has 0 amide bonds. The Bertz CT molecular complexity index is 402. The molecule has 1 heterocycles. The van der Waals surface area contributed by atoms with Crippen LogP contribution >= 0.6 is 15.9 Å². The summed E-state index contributed by atoms with van der Waals surface area (Å²) < 4.78 is 19.8. The molecule has 1 saturated heterocycles. The lowest BCUT2D eigenvalue weighted by molar-refractivity contribution is 0.0366. The molecule has 16 heavy (non-hydrogen) atoms. The normalized spacial score (nSPS) is 31.9. The molecular formula is C13H14BrFO. The molecule has 0 aromatic carbocycles. The summed E-state index contributed by atoms with van der Waals surface area (Å²) in [5.41, 5.74) is 2.59. The fraction of sp³-hybridized carbons (Fsp3) is 0.538. The molecule has 2 aliphatic carbocycles. The highest BCUT2D eigenvalue weighted by atomic mass is 79.9. The summed E-state index contributed by atoms with van der Waals surface area (Å²) in [6.45, 7) is 1.61. The van der Waals surface area contributed by atoms with E-state index in [1.165, 1.54) is 11.1 Å². The molecule has 0 aromatic rings. The van der Waals surface area contributed by atoms with Crippen molar-refractivity contribution in [1.82, 2.24) is 0 Å². The van der Waals surface area contributed by atoms with E-state index in [9.17, 15) is 4.39 Å². The van der Waals surface area contributed by atoms with Gasteiger partial charge in [0.2, 0.25) is 0 Å². The number of halogens is 2. The predicted molar refractivity (Wildman–Crippen MR) is 65.2 cm³/mol. The van der Waals surface area contributed by atoms with E-state index in [-0.39, 0.29) is 5.41 Å². The van der Waals surface area contributed by atoms with Crippen LogP contribution in [0.15, 0.2) is 33.9 Å². The lowest BCUT2D eigenvalue weighted by Crippen LogP contribution is -2.30. The first-order valence-electron chi connectivity index (χ1n) is 5.73. The quantitative estimate of drug-likeness (QED) is 0.660. The van der Waals surface area contributed by atoms with Gasteiger partial charge in [0.1, 0.15) is 0 Å². The summed E-state index contributed by atoms with van der Waals surface area (Å²) in [5, 5.41) is 0. The molecular weight excluding hydrogens is 271 g/mol. The highest BCUT2D eigenvalue weighted by molar-refractivity contribution is 9.11. The zero-order chi connectivity index (χ0) is 11.2. The summed E-state index contributed by atoms with van der Waals surface area (Å²) in [6, 6.07) is 0. The summed E-state index contributed by atoms with van der Waals surface area (Å²) in [4.78, 5) is 0. The van der Waals surface area contributed by atoms with Crippen molar-refractivity contribution in [2.45, 2.75) is 25.4 Å². The first kappa shape index (κ1) is 10.7. The Balaban J connectivity index is 1.96. The average molecular weight is 285 g/mol. The lowest BCUT2D eigenvalue weighted by atomic mass is 9.72. The van der Waals surface area contributed by atoms with Crippen molar-refractivity contribution in [1.29, 1.82) is 0 Å². The number of fused-ring (bicyclic) bond motifs is 2. The Labute approximate surface area is 103 Å². The smallest absolute Gasteiger partial charge is 0.150 e. The Morgan fingerprint density at radius 3 is 2.88 bits per heavy atom. The van der Waals surface area contributed by atoms with Crippen LogP contribution in [-0.4, -0.2) is 19.4 Å². The third kappa shape index (κ3) is 1.52. The minimum Gasteiger partial charge on any atom is -0.381 e. The summed E-state index contributed by atoms with van der Waals surface area (Å²) in [5.74, 6) is 0. The summed E-state index contributed by atoms with van der Waals surface area (Å²) in [7, 11) is 0. The van der Waals surface area contributed by atoms with Crippen LogP contribution in [0.4, 0.5) is 4.39 Å². The van der Waals surface area contributed by atoms with Gasteiger partial charge < -0.3 is 4.74 Å². The fourth-order valence-corrected chi connectivity index (χ4v) is 3.31. The molecule has 1 unspecified atom stereocenters. The van der Waals surface area contributed by atoms with E-state index < -0.39 is 6.17 Å². The number of hydrogen-bond donors (Lipinski definition) is 0. The molecule has 1 nitrogen and oxygen atoms in total. The van der Waals surface area contributed by atoms with Gasteiger partial charge >= 0.3 is 0 Å². The van der Waals surface area contributed by atoms with Gasteiger partial charge in [-0.2, -0.15) is 0 Å². The monoisotopic (exact) mass is 284 g/mol. The summed E-state index contributed by atoms with van der Waals surface area (Å²) >= 11 is 3.28. The van der Waals surface area contributed by atoms with Crippen molar-refractivity contribution in [3.05, 3.63) is 33.9 Å². The molecule has 86 valence electrons. The largest absolute Gasteiger partial charge is 0.381 e. The van der Waals surface area contributed by atoms with Crippen molar-refractivity contribution in [2.24, 2.45) is 5.41 Å². The van der Waals surface area contributed by atoms with Crippen LogP contribution in [0.3, 0.4) is 0 Å². The van der Waals surface area contributed by atoms with Gasteiger partial charge in [-0.15, -0.1) is 0 Å². The number of rotatable bonds is 0. The van der Waals surface area contributed by atoms with Crippen molar-refractivity contribution in [3.8, 4) is 0 Å². The van der Waals surface area contributed by atoms with Crippen LogP contribution in [0.5, 0.6) is 0 Å². The van der Waals surface area contributed by atoms with Crippen molar-refractivity contribution < 1.29 is 9.13 Å². The minimum absolute atomic E-state index is 0.169. The molecule has 3 aliphatic rings. The highest BCUT2D eigenvalue weighted by Gasteiger charge is 2.41. The molecule has 0 N–H and O–H groups in total. The fourth-order valence-electron chi connectivity index (χ4n) is 2.93. The van der Waals surface area contributed by atoms with Gasteiger partial charge in [0.15, 0.2) is 6.17 Å². The number of ether oxygens (including phenoxy) is 1. The molecule has 0 bridgehead atoms. The van der Waals surface area contributed by atoms with E-state index in [4.69, 9.17) is 4.74 Å². The van der Waals surface area contributed by atoms with E-state index >= 15 is 0 Å². The van der Waals surface area contributed by atoms with E-state index in [0.717, 1.165) is 32.5 Å². The maximum atomic E-state index is 13.7. The van der Waals surface area contributed by atoms with E-state index in [2.05, 4.69) is 22.0 Å². The Hall–Kier alpha value is -0.410. The van der Waals surface area contributed by atoms with Gasteiger partial charge in [0.25, 0.3) is 0 Å². The molecule has 3 heteroatoms. The maximum Gasteiger partial charge on any atom is 0.150 e. The van der Waals surface area contributed by atoms with Gasteiger partial charge in [0, 0.05) is 23.1 Å². The second-order valence-corrected chi connectivity index (χ2v) is 5.68. The topological polar surface area (TPSA) is 9.23 Å². The van der Waals surface area contributed by atoms with Gasteiger partial charge in [0.05, 0.1) is 0 Å². The van der Waals surface area contributed by atoms with Crippen molar-refractivity contribution >= 4 is 15.9 Å². The second kappa shape index (κ2) is 3.81. The molecule has 0 aromatic heterocycles. The van der Waals surface area contributed by atoms with Crippen LogP contribution in [0.1, 0.15) is 19.3 Å². The van der Waals surface area contributed by atoms with E-state index in [1.54, 1.807) is 6.08 Å². The van der Waals surface area contributed by atoms with Gasteiger partial charge in [-0.25, -0.2) is 4.39 Å². The standard InChI is InChI=1S/C13H14BrFO/c14-11-7-9-1-2-13(3-5-16-6-4-13)10(9)8-12(11)15/h1,7-8,12H,2-6H2. The van der Waals surface area contributed by atoms with Crippen molar-refractivity contribution in [2.75, 3.05) is 13.2 Å². The SMILES string of the molecule is FC1C=C2C(=CCC23CCOCC3)C=C1Br. The Morgan fingerprint density at radius 1 is 1.38 bits per heavy atom. The average Bonchev–Trinajstić information content (AvgIpc) is 2.60. The number of hydrogen-bond acceptors (Lipinski definition) is 1. The zero-order valence-corrected chi connectivity index (χ0v) is 10.6. The molecule has 1 spiro atoms. The van der Waals surface area contributed by atoms with Crippen LogP contribution in [-0.2, 0) is 4.74 Å². The van der Waals surface area contributed by atoms with Crippen LogP contribution in [0.25, 0.3) is 0 Å². The van der Waals surface area contributed by atoms with E-state index in [1.807, 2.05) is 6.08 Å². The van der Waals surface area contributed by atoms with Crippen LogP contribution in [0, 0.1) is 5.41 Å². The molecule has 3 rings (SSSR count). The highest BCUT2D eigenvalue weighted by Crippen LogP contribution is 2.52. The van der Waals surface area contributed by atoms with Crippen molar-refractivity contribution in [3.63, 3.8) is 0 Å². The summed E-state index contributed by atoms with van der Waals surface area (Å²) in [6.07, 6.45) is 8.09. The van der Waals surface area contributed by atoms with E-state index in [0.29, 0.717) is 4.48 Å². The third-order valence-electron chi connectivity index (χ3n) is 3.91. The zero-order valence-electron chi connectivity index (χ0n) is 9.01. The van der Waals surface area contributed by atoms with Crippen LogP contribution in [0.2, 0.25) is 0 Å². The first-order valence-corrected chi connectivity index (χ1v) is 6.52. The molecule has 0 saturated carbocycles. The molecule has 1 aliphatic heterocycles. The third-order valence-corrected chi connectivity index (χ3v) is 4.58. The minimum atomic E-state index is -0.968. The van der Waals surface area contributed by atoms with Crippen LogP contribution < -0.4 is 0 Å². The van der Waals surface area contributed by atoms with Gasteiger partial charge in [-0.3, -0.25) is 0 Å². The first-order chi connectivity index (χ1) is 7.71. The predicted octanol–water partition coefficient (Wildman–Crippen LogP) is 3.67. The molecule has 1 atom stereocenters. The Morgan fingerprint density at radius 2 is 2.12 bits per heavy atom. The Kier molecular flexibility index (Phi) is 2.55. The molecule has 0 radical (unpaired) electrons. The second-order valence-electron chi connectivity index (χ2n) is 4.77. The number of alkyl halides is 1. The lowest BCUT2D eigenvalue weighted by Gasteiger charge is -2.36. The van der Waals surface area contributed by atoms with Gasteiger partial charge in [-0.05, 0) is 42.6 Å². The molecule has 1 fully saturated rings. The van der Waals surface area contributed by atoms with Gasteiger partial charge in [-0.1, -0.05) is 22.0 Å². The maximum absolute atomic E-state index is 13.7. The number of allylic oxidation sites excluding steroid dienone is 6.